The predicted molar refractivity (Wildman–Crippen MR) is 122 cm³/mol. The van der Waals surface area contributed by atoms with Gasteiger partial charge in [0.15, 0.2) is 5.78 Å². The Morgan fingerprint density at radius 2 is 1.55 bits per heavy atom. The summed E-state index contributed by atoms with van der Waals surface area (Å²) < 4.78 is 0. The summed E-state index contributed by atoms with van der Waals surface area (Å²) in [7, 11) is 0. The molecule has 0 amide bonds. The summed E-state index contributed by atoms with van der Waals surface area (Å²) in [5, 5.41) is 0. The highest BCUT2D eigenvalue weighted by molar-refractivity contribution is 6.14. The second-order valence-corrected chi connectivity index (χ2v) is 8.12. The standard InChI is InChI=1S/C23H26O2.2C2H6/c1-14-6-8-17(9-7-14)11-20-18(10-16-4-3-5-16)12-19-15(2)21(24)13-22(25)23(19)20;2*1-2/h6-9,12,15-16,20H,3-5,10-11,13H2,1-2H3;2*1-2H3. The maximum Gasteiger partial charge on any atom is 0.167 e. The summed E-state index contributed by atoms with van der Waals surface area (Å²) in [5.74, 6) is 0.983. The molecular weight excluding hydrogens is 356 g/mol. The highest BCUT2D eigenvalue weighted by Gasteiger charge is 2.40. The lowest BCUT2D eigenvalue weighted by Crippen LogP contribution is -2.28. The molecule has 1 fully saturated rings. The fourth-order valence-corrected chi connectivity index (χ4v) is 4.48. The minimum atomic E-state index is -0.118. The Hall–Kier alpha value is -1.96. The van der Waals surface area contributed by atoms with E-state index < -0.39 is 0 Å². The molecule has 0 bridgehead atoms. The molecular formula is C27H38O2. The molecule has 2 heteroatoms. The van der Waals surface area contributed by atoms with Crippen LogP contribution >= 0.6 is 0 Å². The number of aryl methyl sites for hydroxylation is 1. The van der Waals surface area contributed by atoms with Crippen molar-refractivity contribution in [2.75, 3.05) is 0 Å². The molecule has 2 nitrogen and oxygen atoms in total. The van der Waals surface area contributed by atoms with Crippen LogP contribution in [0.25, 0.3) is 0 Å². The number of hydrogen-bond acceptors (Lipinski definition) is 2. The molecule has 4 rings (SSSR count). The van der Waals surface area contributed by atoms with E-state index in [0.29, 0.717) is 0 Å². The Morgan fingerprint density at radius 3 is 2.10 bits per heavy atom. The summed E-state index contributed by atoms with van der Waals surface area (Å²) in [6.45, 7) is 12.1. The van der Waals surface area contributed by atoms with E-state index in [1.807, 2.05) is 34.6 Å². The molecule has 158 valence electrons. The third-order valence-corrected chi connectivity index (χ3v) is 6.34. The van der Waals surface area contributed by atoms with Crippen LogP contribution in [0, 0.1) is 24.7 Å². The van der Waals surface area contributed by atoms with Crippen LogP contribution < -0.4 is 0 Å². The summed E-state index contributed by atoms with van der Waals surface area (Å²) >= 11 is 0. The molecule has 1 aromatic carbocycles. The Bertz CT molecular complexity index is 775. The highest BCUT2D eigenvalue weighted by Crippen LogP contribution is 2.45. The normalized spacial score (nSPS) is 23.3. The van der Waals surface area contributed by atoms with E-state index in [0.717, 1.165) is 29.9 Å². The van der Waals surface area contributed by atoms with E-state index in [1.54, 1.807) is 0 Å². The van der Waals surface area contributed by atoms with Crippen molar-refractivity contribution in [2.24, 2.45) is 17.8 Å². The molecule has 0 saturated heterocycles. The van der Waals surface area contributed by atoms with Crippen LogP contribution in [0.2, 0.25) is 0 Å². The van der Waals surface area contributed by atoms with Crippen molar-refractivity contribution in [3.63, 3.8) is 0 Å². The smallest absolute Gasteiger partial charge is 0.167 e. The minimum Gasteiger partial charge on any atom is -0.299 e. The number of hydrogen-bond donors (Lipinski definition) is 0. The number of ketones is 2. The van der Waals surface area contributed by atoms with E-state index >= 15 is 0 Å². The fourth-order valence-electron chi connectivity index (χ4n) is 4.48. The van der Waals surface area contributed by atoms with Crippen LogP contribution in [-0.4, -0.2) is 11.6 Å². The van der Waals surface area contributed by atoms with E-state index in [2.05, 4.69) is 37.3 Å². The first-order valence-corrected chi connectivity index (χ1v) is 11.6. The van der Waals surface area contributed by atoms with E-state index in [4.69, 9.17) is 0 Å². The van der Waals surface area contributed by atoms with Crippen molar-refractivity contribution in [3.05, 3.63) is 58.2 Å². The van der Waals surface area contributed by atoms with E-state index in [9.17, 15) is 9.59 Å². The Morgan fingerprint density at radius 1 is 0.931 bits per heavy atom. The number of benzene rings is 1. The molecule has 1 saturated carbocycles. The number of rotatable bonds is 4. The Kier molecular flexibility index (Phi) is 8.61. The van der Waals surface area contributed by atoms with Crippen LogP contribution in [0.3, 0.4) is 0 Å². The van der Waals surface area contributed by atoms with E-state index in [-0.39, 0.29) is 29.8 Å². The topological polar surface area (TPSA) is 34.1 Å². The van der Waals surface area contributed by atoms with Gasteiger partial charge >= 0.3 is 0 Å². The molecule has 1 aromatic rings. The maximum absolute atomic E-state index is 12.7. The van der Waals surface area contributed by atoms with Crippen LogP contribution in [0.5, 0.6) is 0 Å². The van der Waals surface area contributed by atoms with Crippen molar-refractivity contribution in [1.82, 2.24) is 0 Å². The molecule has 0 spiro atoms. The monoisotopic (exact) mass is 394 g/mol. The van der Waals surface area contributed by atoms with Crippen molar-refractivity contribution in [1.29, 1.82) is 0 Å². The first-order valence-electron chi connectivity index (χ1n) is 11.6. The lowest BCUT2D eigenvalue weighted by Gasteiger charge is -2.29. The molecule has 3 aliphatic carbocycles. The Labute approximate surface area is 177 Å². The van der Waals surface area contributed by atoms with Gasteiger partial charge < -0.3 is 0 Å². The first-order chi connectivity index (χ1) is 14.0. The second kappa shape index (κ2) is 10.7. The summed E-state index contributed by atoms with van der Waals surface area (Å²) in [4.78, 5) is 24.9. The zero-order chi connectivity index (χ0) is 21.6. The lowest BCUT2D eigenvalue weighted by molar-refractivity contribution is -0.127. The molecule has 0 heterocycles. The van der Waals surface area contributed by atoms with Crippen LogP contribution in [0.4, 0.5) is 0 Å². The first kappa shape index (κ1) is 23.3. The van der Waals surface area contributed by atoms with Crippen molar-refractivity contribution in [3.8, 4) is 0 Å². The molecule has 2 atom stereocenters. The molecule has 0 radical (unpaired) electrons. The Balaban J connectivity index is 0.000000707. The summed E-state index contributed by atoms with van der Waals surface area (Å²) in [6, 6.07) is 8.64. The predicted octanol–water partition coefficient (Wildman–Crippen LogP) is 6.81. The van der Waals surface area contributed by atoms with Gasteiger partial charge in [-0.2, -0.15) is 0 Å². The molecule has 0 aromatic heterocycles. The number of Topliss-reactive ketones (excluding diaryl/α,β-unsaturated/α-hetero) is 2. The minimum absolute atomic E-state index is 0.0649. The van der Waals surface area contributed by atoms with Gasteiger partial charge in [-0.05, 0) is 36.8 Å². The van der Waals surface area contributed by atoms with Gasteiger partial charge in [-0.3, -0.25) is 9.59 Å². The fraction of sp³-hybridized carbons (Fsp3) is 0.556. The van der Waals surface area contributed by atoms with Gasteiger partial charge in [-0.1, -0.05) is 95.4 Å². The van der Waals surface area contributed by atoms with Gasteiger partial charge in [-0.15, -0.1) is 0 Å². The van der Waals surface area contributed by atoms with Crippen LogP contribution in [-0.2, 0) is 16.0 Å². The average molecular weight is 395 g/mol. The van der Waals surface area contributed by atoms with Crippen molar-refractivity contribution < 1.29 is 9.59 Å². The summed E-state index contributed by atoms with van der Waals surface area (Å²) in [6.07, 6.45) is 8.23. The zero-order valence-corrected chi connectivity index (χ0v) is 19.2. The largest absolute Gasteiger partial charge is 0.299 e. The molecule has 0 aliphatic heterocycles. The number of allylic oxidation sites excluding steroid dienone is 4. The molecule has 3 aliphatic rings. The molecule has 2 unspecified atom stereocenters. The average Bonchev–Trinajstić information content (AvgIpc) is 3.06. The summed E-state index contributed by atoms with van der Waals surface area (Å²) in [5.41, 5.74) is 5.90. The van der Waals surface area contributed by atoms with Gasteiger partial charge in [0.25, 0.3) is 0 Å². The van der Waals surface area contributed by atoms with Gasteiger partial charge in [0.05, 0.1) is 6.42 Å². The quantitative estimate of drug-likeness (QED) is 0.526. The third-order valence-electron chi connectivity index (χ3n) is 6.34. The highest BCUT2D eigenvalue weighted by atomic mass is 16.1. The number of carbonyl (C=O) groups excluding carboxylic acids is 2. The van der Waals surface area contributed by atoms with E-state index in [1.165, 1.54) is 36.0 Å². The second-order valence-electron chi connectivity index (χ2n) is 8.12. The van der Waals surface area contributed by atoms with Crippen LogP contribution in [0.15, 0.2) is 47.1 Å². The van der Waals surface area contributed by atoms with Crippen molar-refractivity contribution >= 4 is 11.6 Å². The molecule has 0 N–H and O–H groups in total. The van der Waals surface area contributed by atoms with Gasteiger partial charge in [0.1, 0.15) is 5.78 Å². The third kappa shape index (κ3) is 5.15. The lowest BCUT2D eigenvalue weighted by atomic mass is 9.75. The van der Waals surface area contributed by atoms with Crippen LogP contribution in [0.1, 0.15) is 77.8 Å². The zero-order valence-electron chi connectivity index (χ0n) is 19.2. The maximum atomic E-state index is 12.7. The SMILES string of the molecule is CC.CC.Cc1ccc(CC2C(CC3CCC3)=CC3=C2C(=O)CC(=O)C3C)cc1. The van der Waals surface area contributed by atoms with Gasteiger partial charge in [0, 0.05) is 17.4 Å². The van der Waals surface area contributed by atoms with Gasteiger partial charge in [-0.25, -0.2) is 0 Å². The molecule has 29 heavy (non-hydrogen) atoms. The van der Waals surface area contributed by atoms with Crippen molar-refractivity contribution in [2.45, 2.75) is 80.1 Å². The number of carbonyl (C=O) groups is 2. The van der Waals surface area contributed by atoms with Gasteiger partial charge in [0.2, 0.25) is 0 Å².